The first-order valence-electron chi connectivity index (χ1n) is 9.95. The van der Waals surface area contributed by atoms with E-state index in [0.717, 1.165) is 39.3 Å². The van der Waals surface area contributed by atoms with Gasteiger partial charge in [-0.2, -0.15) is 0 Å². The minimum Gasteiger partial charge on any atom is -0.544 e. The average molecular weight is 410 g/mol. The van der Waals surface area contributed by atoms with Crippen LogP contribution in [0.5, 0.6) is 11.5 Å². The number of ether oxygens (including phenoxy) is 1. The van der Waals surface area contributed by atoms with Gasteiger partial charge in [-0.3, -0.25) is 4.79 Å². The van der Waals surface area contributed by atoms with E-state index >= 15 is 0 Å². The van der Waals surface area contributed by atoms with Crippen LogP contribution in [0.25, 0.3) is 16.6 Å². The topological polar surface area (TPSA) is 40.5 Å². The highest BCUT2D eigenvalue weighted by Crippen LogP contribution is 2.38. The summed E-state index contributed by atoms with van der Waals surface area (Å²) in [5.74, 6) is 1.72. The zero-order valence-electron chi connectivity index (χ0n) is 18.7. The van der Waals surface area contributed by atoms with Crippen molar-refractivity contribution in [1.82, 2.24) is 4.57 Å². The molecule has 1 heterocycles. The number of hydrogen-bond donors (Lipinski definition) is 0. The molecule has 0 N–H and O–H groups in total. The molecular weight excluding hydrogens is 378 g/mol. The van der Waals surface area contributed by atoms with Crippen LogP contribution in [0.1, 0.15) is 43.7 Å². The third-order valence-electron chi connectivity index (χ3n) is 6.04. The maximum atomic E-state index is 12.3. The van der Waals surface area contributed by atoms with E-state index in [9.17, 15) is 4.79 Å². The van der Waals surface area contributed by atoms with Crippen molar-refractivity contribution in [2.24, 2.45) is 0 Å². The number of aromatic nitrogens is 1. The second-order valence-electron chi connectivity index (χ2n) is 9.09. The van der Waals surface area contributed by atoms with Gasteiger partial charge >= 0.3 is 0 Å². The summed E-state index contributed by atoms with van der Waals surface area (Å²) in [7, 11) is -0.235. The number of benzene rings is 2. The molecule has 2 aromatic carbocycles. The first-order chi connectivity index (χ1) is 13.5. The lowest BCUT2D eigenvalue weighted by molar-refractivity contribution is 0.101. The van der Waals surface area contributed by atoms with E-state index in [1.807, 2.05) is 37.3 Å². The summed E-state index contributed by atoms with van der Waals surface area (Å²) >= 11 is 0. The summed E-state index contributed by atoms with van der Waals surface area (Å²) < 4.78 is 13.9. The fourth-order valence-corrected chi connectivity index (χ4v) is 4.44. The second-order valence-corrected chi connectivity index (χ2v) is 13.8. The summed E-state index contributed by atoms with van der Waals surface area (Å²) in [4.78, 5) is 12.3. The van der Waals surface area contributed by atoms with Crippen LogP contribution in [0, 0.1) is 6.92 Å². The Labute approximate surface area is 174 Å². The minimum absolute atomic E-state index is 0.0642. The molecule has 0 aliphatic heterocycles. The Hall–Kier alpha value is -2.53. The van der Waals surface area contributed by atoms with Crippen LogP contribution in [0.2, 0.25) is 18.1 Å². The summed E-state index contributed by atoms with van der Waals surface area (Å²) in [5, 5.41) is 1.09. The molecule has 0 unspecified atom stereocenters. The molecule has 29 heavy (non-hydrogen) atoms. The Kier molecular flexibility index (Phi) is 5.39. The van der Waals surface area contributed by atoms with Gasteiger partial charge < -0.3 is 13.7 Å². The van der Waals surface area contributed by atoms with Gasteiger partial charge in [-0.1, -0.05) is 20.8 Å². The normalized spacial score (nSPS) is 12.3. The predicted molar refractivity (Wildman–Crippen MR) is 122 cm³/mol. The van der Waals surface area contributed by atoms with Crippen LogP contribution < -0.4 is 9.16 Å². The summed E-state index contributed by atoms with van der Waals surface area (Å²) in [5.41, 5.74) is 3.64. The molecule has 0 spiro atoms. The highest BCUT2D eigenvalue weighted by molar-refractivity contribution is 6.74. The van der Waals surface area contributed by atoms with E-state index < -0.39 is 8.32 Å². The smallest absolute Gasteiger partial charge is 0.250 e. The minimum atomic E-state index is -1.89. The van der Waals surface area contributed by atoms with Crippen molar-refractivity contribution >= 4 is 25.0 Å². The lowest BCUT2D eigenvalue weighted by atomic mass is 10.1. The molecule has 4 nitrogen and oxygen atoms in total. The Morgan fingerprint density at radius 3 is 2.10 bits per heavy atom. The zero-order valence-corrected chi connectivity index (χ0v) is 19.7. The third-order valence-corrected chi connectivity index (χ3v) is 10.4. The van der Waals surface area contributed by atoms with E-state index in [1.54, 1.807) is 14.0 Å². The fourth-order valence-electron chi connectivity index (χ4n) is 3.41. The molecule has 0 atom stereocenters. The monoisotopic (exact) mass is 409 g/mol. The van der Waals surface area contributed by atoms with Crippen molar-refractivity contribution in [2.45, 2.75) is 52.8 Å². The number of rotatable bonds is 5. The first kappa shape index (κ1) is 21.2. The van der Waals surface area contributed by atoms with Crippen molar-refractivity contribution in [3.8, 4) is 17.2 Å². The molecule has 1 aromatic heterocycles. The second kappa shape index (κ2) is 7.37. The van der Waals surface area contributed by atoms with Crippen molar-refractivity contribution in [3.05, 3.63) is 53.7 Å². The number of Topliss-reactive ketones (excluding diaryl/α,β-unsaturated/α-hetero) is 1. The average Bonchev–Trinajstić information content (AvgIpc) is 2.92. The van der Waals surface area contributed by atoms with Crippen LogP contribution >= 0.6 is 0 Å². The Balaban J connectivity index is 2.09. The molecule has 0 aliphatic rings. The van der Waals surface area contributed by atoms with E-state index in [4.69, 9.17) is 9.16 Å². The number of ketones is 1. The van der Waals surface area contributed by atoms with E-state index in [-0.39, 0.29) is 10.8 Å². The SMILES string of the molecule is COc1ccc2c(C(C)=O)c(C)n(-c3ccc(O[Si](C)(C)C(C)(C)C)cc3)c2c1. The number of carbonyl (C=O) groups is 1. The van der Waals surface area contributed by atoms with Crippen LogP contribution in [-0.2, 0) is 0 Å². The van der Waals surface area contributed by atoms with Gasteiger partial charge in [0.25, 0.3) is 0 Å². The molecule has 0 amide bonds. The molecule has 154 valence electrons. The van der Waals surface area contributed by atoms with Gasteiger partial charge in [-0.05, 0) is 68.4 Å². The number of fused-ring (bicyclic) bond motifs is 1. The number of methoxy groups -OCH3 is 1. The molecule has 0 bridgehead atoms. The van der Waals surface area contributed by atoms with Gasteiger partial charge in [0, 0.05) is 28.4 Å². The predicted octanol–water partition coefficient (Wildman–Crippen LogP) is 6.53. The van der Waals surface area contributed by atoms with Gasteiger partial charge in [0.2, 0.25) is 8.32 Å². The van der Waals surface area contributed by atoms with Gasteiger partial charge in [0.05, 0.1) is 12.6 Å². The standard InChI is InChI=1S/C24H31NO3Si/c1-16-23(17(2)26)21-14-13-20(27-6)15-22(21)25(16)18-9-11-19(12-10-18)28-29(7,8)24(3,4)5/h9-15H,1-8H3. The molecule has 0 saturated carbocycles. The highest BCUT2D eigenvalue weighted by atomic mass is 28.4. The lowest BCUT2D eigenvalue weighted by Gasteiger charge is -2.36. The molecule has 0 saturated heterocycles. The Morgan fingerprint density at radius 1 is 1.00 bits per heavy atom. The highest BCUT2D eigenvalue weighted by Gasteiger charge is 2.38. The Bertz CT molecular complexity index is 1060. The maximum Gasteiger partial charge on any atom is 0.250 e. The van der Waals surface area contributed by atoms with Gasteiger partial charge in [0.15, 0.2) is 5.78 Å². The Morgan fingerprint density at radius 2 is 1.59 bits per heavy atom. The molecular formula is C24H31NO3Si. The molecule has 5 heteroatoms. The summed E-state index contributed by atoms with van der Waals surface area (Å²) in [6.07, 6.45) is 0. The molecule has 0 fully saturated rings. The third kappa shape index (κ3) is 3.84. The van der Waals surface area contributed by atoms with Crippen LogP contribution in [0.3, 0.4) is 0 Å². The zero-order chi connectivity index (χ0) is 21.6. The van der Waals surface area contributed by atoms with Crippen molar-refractivity contribution in [3.63, 3.8) is 0 Å². The quantitative estimate of drug-likeness (QED) is 0.355. The van der Waals surface area contributed by atoms with E-state index in [2.05, 4.69) is 50.6 Å². The summed E-state index contributed by atoms with van der Waals surface area (Å²) in [6.45, 7) is 14.8. The molecule has 3 rings (SSSR count). The summed E-state index contributed by atoms with van der Waals surface area (Å²) in [6, 6.07) is 14.0. The molecule has 3 aromatic rings. The first-order valence-corrected chi connectivity index (χ1v) is 12.9. The molecule has 0 aliphatic carbocycles. The number of nitrogens with zero attached hydrogens (tertiary/aromatic N) is 1. The molecule has 0 radical (unpaired) electrons. The largest absolute Gasteiger partial charge is 0.544 e. The van der Waals surface area contributed by atoms with E-state index in [0.29, 0.717) is 0 Å². The van der Waals surface area contributed by atoms with Crippen molar-refractivity contribution < 1.29 is 14.0 Å². The van der Waals surface area contributed by atoms with E-state index in [1.165, 1.54) is 0 Å². The van der Waals surface area contributed by atoms with Crippen molar-refractivity contribution in [2.75, 3.05) is 7.11 Å². The maximum absolute atomic E-state index is 12.3. The fraction of sp³-hybridized carbons (Fsp3) is 0.375. The van der Waals surface area contributed by atoms with Crippen LogP contribution in [-0.4, -0.2) is 25.8 Å². The van der Waals surface area contributed by atoms with Gasteiger partial charge in [-0.25, -0.2) is 0 Å². The number of carbonyl (C=O) groups excluding carboxylic acids is 1. The van der Waals surface area contributed by atoms with Gasteiger partial charge in [-0.15, -0.1) is 0 Å². The number of hydrogen-bond acceptors (Lipinski definition) is 3. The lowest BCUT2D eigenvalue weighted by Crippen LogP contribution is -2.43. The van der Waals surface area contributed by atoms with Crippen LogP contribution in [0.4, 0.5) is 0 Å². The van der Waals surface area contributed by atoms with Crippen molar-refractivity contribution in [1.29, 1.82) is 0 Å². The van der Waals surface area contributed by atoms with Crippen LogP contribution in [0.15, 0.2) is 42.5 Å². The van der Waals surface area contributed by atoms with Gasteiger partial charge in [0.1, 0.15) is 11.5 Å².